The second kappa shape index (κ2) is 10.3. The average Bonchev–Trinajstić information content (AvgIpc) is 2.82. The molecule has 32 heavy (non-hydrogen) atoms. The second-order valence-electron chi connectivity index (χ2n) is 9.16. The van der Waals surface area contributed by atoms with Gasteiger partial charge in [0.1, 0.15) is 0 Å². The number of rotatable bonds is 3. The maximum atomic E-state index is 13.5. The van der Waals surface area contributed by atoms with Gasteiger partial charge < -0.3 is 9.80 Å². The van der Waals surface area contributed by atoms with Crippen molar-refractivity contribution in [2.24, 2.45) is 0 Å². The van der Waals surface area contributed by atoms with Crippen LogP contribution in [0.1, 0.15) is 50.2 Å². The zero-order chi connectivity index (χ0) is 22.5. The zero-order valence-corrected chi connectivity index (χ0v) is 19.4. The van der Waals surface area contributed by atoms with Crippen LogP contribution in [0.2, 0.25) is 0 Å². The third-order valence-electron chi connectivity index (χ3n) is 7.14. The zero-order valence-electron chi connectivity index (χ0n) is 19.4. The van der Waals surface area contributed by atoms with Crippen LogP contribution in [0.4, 0.5) is 5.69 Å². The fourth-order valence-corrected chi connectivity index (χ4v) is 5.22. The molecule has 0 radical (unpaired) electrons. The van der Waals surface area contributed by atoms with Gasteiger partial charge in [-0.15, -0.1) is 0 Å². The summed E-state index contributed by atoms with van der Waals surface area (Å²) in [6, 6.07) is 18.9. The predicted molar refractivity (Wildman–Crippen MR) is 128 cm³/mol. The first-order valence-corrected chi connectivity index (χ1v) is 12.0. The van der Waals surface area contributed by atoms with Crippen molar-refractivity contribution in [2.45, 2.75) is 64.1 Å². The lowest BCUT2D eigenvalue weighted by Gasteiger charge is -2.42. The molecule has 2 aromatic rings. The third-order valence-corrected chi connectivity index (χ3v) is 7.14. The monoisotopic (exact) mass is 433 g/mol. The van der Waals surface area contributed by atoms with Crippen molar-refractivity contribution in [1.29, 1.82) is 0 Å². The average molecular weight is 434 g/mol. The Balaban J connectivity index is 1.69. The minimum Gasteiger partial charge on any atom is -0.336 e. The van der Waals surface area contributed by atoms with Gasteiger partial charge in [-0.25, -0.2) is 0 Å². The van der Waals surface area contributed by atoms with E-state index < -0.39 is 0 Å². The van der Waals surface area contributed by atoms with Crippen LogP contribution in [0, 0.1) is 0 Å². The van der Waals surface area contributed by atoms with E-state index in [4.69, 9.17) is 0 Å². The van der Waals surface area contributed by atoms with Crippen LogP contribution < -0.4 is 4.90 Å². The summed E-state index contributed by atoms with van der Waals surface area (Å²) >= 11 is 0. The molecule has 4 rings (SSSR count). The number of anilines is 1. The molecule has 0 aliphatic carbocycles. The fourth-order valence-electron chi connectivity index (χ4n) is 5.22. The number of nitrogens with zero attached hydrogens (tertiary/aromatic N) is 3. The third kappa shape index (κ3) is 5.04. The van der Waals surface area contributed by atoms with Crippen molar-refractivity contribution >= 4 is 17.5 Å². The Kier molecular flexibility index (Phi) is 7.26. The summed E-state index contributed by atoms with van der Waals surface area (Å²) in [4.78, 5) is 32.9. The number of likely N-dealkylation sites (N-methyl/N-ethyl adjacent to an activating group) is 1. The number of fused-ring (bicyclic) bond motifs is 3. The molecule has 0 N–H and O–H groups in total. The molecule has 0 spiro atoms. The van der Waals surface area contributed by atoms with Gasteiger partial charge in [-0.05, 0) is 43.5 Å². The second-order valence-corrected chi connectivity index (χ2v) is 9.16. The lowest BCUT2D eigenvalue weighted by atomic mass is 9.93. The Bertz CT molecular complexity index is 930. The van der Waals surface area contributed by atoms with Gasteiger partial charge in [0.2, 0.25) is 11.8 Å². The van der Waals surface area contributed by atoms with E-state index >= 15 is 0 Å². The van der Waals surface area contributed by atoms with Crippen LogP contribution in [0.3, 0.4) is 0 Å². The molecule has 0 aromatic heterocycles. The molecule has 5 nitrogen and oxygen atoms in total. The Morgan fingerprint density at radius 1 is 0.906 bits per heavy atom. The van der Waals surface area contributed by atoms with E-state index in [-0.39, 0.29) is 11.8 Å². The number of carbonyl (C=O) groups is 2. The quantitative estimate of drug-likeness (QED) is 0.727. The highest BCUT2D eigenvalue weighted by molar-refractivity contribution is 5.94. The van der Waals surface area contributed by atoms with E-state index in [9.17, 15) is 9.59 Å². The fraction of sp³-hybridized carbons (Fsp3) is 0.481. The lowest BCUT2D eigenvalue weighted by molar-refractivity contribution is -0.132. The van der Waals surface area contributed by atoms with Crippen LogP contribution in [-0.2, 0) is 22.6 Å². The summed E-state index contributed by atoms with van der Waals surface area (Å²) in [6.45, 7) is 3.91. The molecule has 2 bridgehead atoms. The van der Waals surface area contributed by atoms with Crippen LogP contribution in [0.25, 0.3) is 0 Å². The van der Waals surface area contributed by atoms with Crippen molar-refractivity contribution in [2.75, 3.05) is 25.0 Å². The molecule has 2 unspecified atom stereocenters. The first-order chi connectivity index (χ1) is 15.6. The van der Waals surface area contributed by atoms with Crippen molar-refractivity contribution < 1.29 is 9.59 Å². The molecule has 2 amide bonds. The van der Waals surface area contributed by atoms with Crippen molar-refractivity contribution in [1.82, 2.24) is 9.80 Å². The molecule has 2 aromatic carbocycles. The predicted octanol–water partition coefficient (Wildman–Crippen LogP) is 4.26. The van der Waals surface area contributed by atoms with Crippen molar-refractivity contribution in [3.05, 3.63) is 65.7 Å². The molecule has 1 fully saturated rings. The van der Waals surface area contributed by atoms with Crippen LogP contribution in [0.15, 0.2) is 54.6 Å². The summed E-state index contributed by atoms with van der Waals surface area (Å²) in [7, 11) is 2.20. The number of piperidine rings is 1. The van der Waals surface area contributed by atoms with E-state index in [1.165, 1.54) is 6.42 Å². The molecule has 1 saturated heterocycles. The highest BCUT2D eigenvalue weighted by Crippen LogP contribution is 2.30. The number of benzene rings is 2. The molecule has 0 saturated carbocycles. The van der Waals surface area contributed by atoms with Crippen molar-refractivity contribution in [3.8, 4) is 0 Å². The Morgan fingerprint density at radius 2 is 1.62 bits per heavy atom. The minimum atomic E-state index is 0.147. The minimum absolute atomic E-state index is 0.147. The molecular weight excluding hydrogens is 398 g/mol. The van der Waals surface area contributed by atoms with Gasteiger partial charge >= 0.3 is 0 Å². The summed E-state index contributed by atoms with van der Waals surface area (Å²) < 4.78 is 0. The van der Waals surface area contributed by atoms with Gasteiger partial charge in [0.05, 0.1) is 6.42 Å². The number of hydrogen-bond donors (Lipinski definition) is 0. The Morgan fingerprint density at radius 3 is 2.41 bits per heavy atom. The summed E-state index contributed by atoms with van der Waals surface area (Å²) in [6.07, 6.45) is 5.29. The Labute approximate surface area is 192 Å². The van der Waals surface area contributed by atoms with Gasteiger partial charge in [0, 0.05) is 43.8 Å². The number of para-hydroxylation sites is 1. The molecule has 2 atom stereocenters. The molecule has 170 valence electrons. The summed E-state index contributed by atoms with van der Waals surface area (Å²) in [5, 5.41) is 0. The molecular formula is C27H35N3O2. The maximum Gasteiger partial charge on any atom is 0.227 e. The van der Waals surface area contributed by atoms with Gasteiger partial charge in [0.15, 0.2) is 0 Å². The number of hydrogen-bond acceptors (Lipinski definition) is 3. The van der Waals surface area contributed by atoms with Gasteiger partial charge in [0.25, 0.3) is 0 Å². The molecule has 2 heterocycles. The number of amides is 2. The molecule has 2 aliphatic heterocycles. The smallest absolute Gasteiger partial charge is 0.227 e. The normalized spacial score (nSPS) is 22.1. The highest BCUT2D eigenvalue weighted by Gasteiger charge is 2.32. The van der Waals surface area contributed by atoms with Gasteiger partial charge in [-0.2, -0.15) is 0 Å². The molecule has 5 heteroatoms. The maximum absolute atomic E-state index is 13.5. The SMILES string of the molecule is CCC(=O)N1CCC2CCCC(CN(C(=O)Cc3ccccc3)Cc3ccccc31)N2C. The van der Waals surface area contributed by atoms with Crippen LogP contribution >= 0.6 is 0 Å². The summed E-state index contributed by atoms with van der Waals surface area (Å²) in [5.41, 5.74) is 3.04. The summed E-state index contributed by atoms with van der Waals surface area (Å²) in [5.74, 6) is 0.294. The van der Waals surface area contributed by atoms with Crippen LogP contribution in [0.5, 0.6) is 0 Å². The van der Waals surface area contributed by atoms with Crippen LogP contribution in [-0.4, -0.2) is 53.8 Å². The van der Waals surface area contributed by atoms with E-state index in [0.717, 1.165) is 49.2 Å². The van der Waals surface area contributed by atoms with Gasteiger partial charge in [-0.3, -0.25) is 14.5 Å². The van der Waals surface area contributed by atoms with E-state index in [2.05, 4.69) is 18.0 Å². The van der Waals surface area contributed by atoms with Crippen molar-refractivity contribution in [3.63, 3.8) is 0 Å². The van der Waals surface area contributed by atoms with Gasteiger partial charge in [-0.1, -0.05) is 61.9 Å². The standard InChI is InChI=1S/C27H35N3O2/c1-3-26(31)30-17-16-23-13-9-14-24(28(23)2)20-29(19-22-12-7-8-15-25(22)30)27(32)18-21-10-5-4-6-11-21/h4-8,10-12,15,23-24H,3,9,13-14,16-20H2,1-2H3. The van der Waals surface area contributed by atoms with E-state index in [1.54, 1.807) is 0 Å². The Hall–Kier alpha value is -2.66. The highest BCUT2D eigenvalue weighted by atomic mass is 16.2. The largest absolute Gasteiger partial charge is 0.336 e. The number of carbonyl (C=O) groups excluding carboxylic acids is 2. The van der Waals surface area contributed by atoms with E-state index in [1.807, 2.05) is 65.3 Å². The lowest BCUT2D eigenvalue weighted by Crippen LogP contribution is -2.51. The molecule has 2 aliphatic rings. The topological polar surface area (TPSA) is 43.9 Å². The van der Waals surface area contributed by atoms with E-state index in [0.29, 0.717) is 31.5 Å². The first-order valence-electron chi connectivity index (χ1n) is 12.0. The first kappa shape index (κ1) is 22.5.